The molecule has 0 aliphatic rings. The summed E-state index contributed by atoms with van der Waals surface area (Å²) in [5.41, 5.74) is 3.25. The van der Waals surface area contributed by atoms with Gasteiger partial charge in [-0.05, 0) is 23.8 Å². The van der Waals surface area contributed by atoms with Gasteiger partial charge in [0.05, 0.1) is 7.11 Å². The quantitative estimate of drug-likeness (QED) is 0.738. The maximum absolute atomic E-state index is 5.11. The van der Waals surface area contributed by atoms with Crippen LogP contribution in [0.5, 0.6) is 0 Å². The van der Waals surface area contributed by atoms with E-state index in [2.05, 4.69) is 16.7 Å². The van der Waals surface area contributed by atoms with Crippen LogP contribution in [-0.4, -0.2) is 16.7 Å². The number of aromatic nitrogens is 1. The van der Waals surface area contributed by atoms with Crippen molar-refractivity contribution >= 4 is 17.3 Å². The first-order valence-electron chi connectivity index (χ1n) is 5.02. The van der Waals surface area contributed by atoms with Crippen molar-refractivity contribution in [3.63, 3.8) is 0 Å². The van der Waals surface area contributed by atoms with Crippen LogP contribution in [-0.2, 0) is 11.8 Å². The number of hydrogen-bond acceptors (Lipinski definition) is 2. The summed E-state index contributed by atoms with van der Waals surface area (Å²) in [6, 6.07) is 12.3. The van der Waals surface area contributed by atoms with Crippen LogP contribution in [0.25, 0.3) is 11.3 Å². The zero-order valence-electron chi connectivity index (χ0n) is 9.31. The van der Waals surface area contributed by atoms with Crippen LogP contribution in [0.15, 0.2) is 42.6 Å². The van der Waals surface area contributed by atoms with Gasteiger partial charge in [-0.2, -0.15) is 0 Å². The van der Waals surface area contributed by atoms with E-state index in [0.717, 1.165) is 11.3 Å². The molecule has 3 heteroatoms. The molecule has 0 amide bonds. The van der Waals surface area contributed by atoms with Gasteiger partial charge in [0.1, 0.15) is 0 Å². The molecule has 16 heavy (non-hydrogen) atoms. The molecule has 0 fully saturated rings. The summed E-state index contributed by atoms with van der Waals surface area (Å²) in [6.45, 7) is 0. The SMILES string of the molecule is COC(=S)c1cc(-c2ccccc2)n(C)c1. The van der Waals surface area contributed by atoms with Gasteiger partial charge in [0, 0.05) is 24.5 Å². The Kier molecular flexibility index (Phi) is 3.06. The number of ether oxygens (including phenoxy) is 1. The van der Waals surface area contributed by atoms with Crippen molar-refractivity contribution in [3.8, 4) is 11.3 Å². The monoisotopic (exact) mass is 231 g/mol. The normalized spacial score (nSPS) is 10.1. The molecule has 2 aromatic rings. The van der Waals surface area contributed by atoms with Crippen LogP contribution in [0.4, 0.5) is 0 Å². The number of nitrogens with zero attached hydrogens (tertiary/aromatic N) is 1. The topological polar surface area (TPSA) is 14.2 Å². The molecule has 0 bridgehead atoms. The van der Waals surface area contributed by atoms with Crippen LogP contribution in [0, 0.1) is 0 Å². The highest BCUT2D eigenvalue weighted by Gasteiger charge is 2.08. The van der Waals surface area contributed by atoms with E-state index in [-0.39, 0.29) is 0 Å². The Labute approximate surface area is 100 Å². The number of rotatable bonds is 2. The molecule has 0 atom stereocenters. The average molecular weight is 231 g/mol. The minimum absolute atomic E-state index is 0.526. The summed E-state index contributed by atoms with van der Waals surface area (Å²) in [5.74, 6) is 0. The van der Waals surface area contributed by atoms with Crippen molar-refractivity contribution in [1.82, 2.24) is 4.57 Å². The van der Waals surface area contributed by atoms with E-state index in [4.69, 9.17) is 17.0 Å². The Morgan fingerprint density at radius 2 is 1.94 bits per heavy atom. The first-order valence-corrected chi connectivity index (χ1v) is 5.43. The molecule has 0 spiro atoms. The van der Waals surface area contributed by atoms with Crippen molar-refractivity contribution in [2.24, 2.45) is 7.05 Å². The van der Waals surface area contributed by atoms with Crippen molar-refractivity contribution < 1.29 is 4.74 Å². The zero-order valence-corrected chi connectivity index (χ0v) is 10.1. The maximum Gasteiger partial charge on any atom is 0.192 e. The number of hydrogen-bond donors (Lipinski definition) is 0. The standard InChI is InChI=1S/C13H13NOS/c1-14-9-11(13(16)15-2)8-12(14)10-6-4-3-5-7-10/h3-9H,1-2H3. The summed E-state index contributed by atoms with van der Waals surface area (Å²) < 4.78 is 7.11. The van der Waals surface area contributed by atoms with Crippen molar-refractivity contribution in [1.29, 1.82) is 0 Å². The maximum atomic E-state index is 5.11. The van der Waals surface area contributed by atoms with Crippen LogP contribution >= 0.6 is 12.2 Å². The third-order valence-electron chi connectivity index (χ3n) is 2.50. The molecule has 0 radical (unpaired) electrons. The highest BCUT2D eigenvalue weighted by Crippen LogP contribution is 2.21. The van der Waals surface area contributed by atoms with E-state index in [9.17, 15) is 0 Å². The molecule has 82 valence electrons. The Morgan fingerprint density at radius 3 is 2.56 bits per heavy atom. The average Bonchev–Trinajstić information content (AvgIpc) is 2.71. The number of aryl methyl sites for hydroxylation is 1. The van der Waals surface area contributed by atoms with Gasteiger partial charge < -0.3 is 9.30 Å². The number of methoxy groups -OCH3 is 1. The van der Waals surface area contributed by atoms with Crippen LogP contribution in [0.2, 0.25) is 0 Å². The fourth-order valence-electron chi connectivity index (χ4n) is 1.69. The minimum Gasteiger partial charge on any atom is -0.486 e. The van der Waals surface area contributed by atoms with Gasteiger partial charge in [0.25, 0.3) is 0 Å². The predicted octanol–water partition coefficient (Wildman–Crippen LogP) is 3.01. The molecule has 2 nitrogen and oxygen atoms in total. The van der Waals surface area contributed by atoms with Gasteiger partial charge in [0.2, 0.25) is 0 Å². The van der Waals surface area contributed by atoms with Gasteiger partial charge >= 0.3 is 0 Å². The highest BCUT2D eigenvalue weighted by molar-refractivity contribution is 7.80. The van der Waals surface area contributed by atoms with Crippen molar-refractivity contribution in [2.45, 2.75) is 0 Å². The van der Waals surface area contributed by atoms with E-state index >= 15 is 0 Å². The molecular formula is C13H13NOS. The number of thiocarbonyl (C=S) groups is 1. The molecule has 2 rings (SSSR count). The van der Waals surface area contributed by atoms with E-state index in [1.54, 1.807) is 7.11 Å². The molecule has 0 aliphatic heterocycles. The summed E-state index contributed by atoms with van der Waals surface area (Å²) in [5, 5.41) is 0.526. The fraction of sp³-hybridized carbons (Fsp3) is 0.154. The predicted molar refractivity (Wildman–Crippen MR) is 69.6 cm³/mol. The minimum atomic E-state index is 0.526. The van der Waals surface area contributed by atoms with Gasteiger partial charge in [0.15, 0.2) is 5.05 Å². The van der Waals surface area contributed by atoms with Crippen LogP contribution < -0.4 is 0 Å². The molecule has 0 saturated carbocycles. The van der Waals surface area contributed by atoms with Gasteiger partial charge in [-0.3, -0.25) is 0 Å². The molecular weight excluding hydrogens is 218 g/mol. The Morgan fingerprint density at radius 1 is 1.25 bits per heavy atom. The van der Waals surface area contributed by atoms with E-state index < -0.39 is 0 Å². The van der Waals surface area contributed by atoms with Gasteiger partial charge in [-0.25, -0.2) is 0 Å². The van der Waals surface area contributed by atoms with Crippen LogP contribution in [0.1, 0.15) is 5.56 Å². The molecule has 1 aromatic carbocycles. The largest absolute Gasteiger partial charge is 0.486 e. The number of benzene rings is 1. The second-order valence-corrected chi connectivity index (χ2v) is 3.95. The zero-order chi connectivity index (χ0) is 11.5. The van der Waals surface area contributed by atoms with Gasteiger partial charge in [-0.1, -0.05) is 30.3 Å². The van der Waals surface area contributed by atoms with E-state index in [1.807, 2.05) is 37.5 Å². The summed E-state index contributed by atoms with van der Waals surface area (Å²) in [6.07, 6.45) is 1.98. The Bertz CT molecular complexity index is 502. The van der Waals surface area contributed by atoms with E-state index in [1.165, 1.54) is 5.56 Å². The van der Waals surface area contributed by atoms with Gasteiger partial charge in [-0.15, -0.1) is 0 Å². The van der Waals surface area contributed by atoms with Crippen molar-refractivity contribution in [3.05, 3.63) is 48.2 Å². The third kappa shape index (κ3) is 1.99. The molecule has 0 N–H and O–H groups in total. The highest BCUT2D eigenvalue weighted by atomic mass is 32.1. The van der Waals surface area contributed by atoms with Crippen LogP contribution in [0.3, 0.4) is 0 Å². The smallest absolute Gasteiger partial charge is 0.192 e. The summed E-state index contributed by atoms with van der Waals surface area (Å²) in [4.78, 5) is 0. The summed E-state index contributed by atoms with van der Waals surface area (Å²) in [7, 11) is 3.60. The summed E-state index contributed by atoms with van der Waals surface area (Å²) >= 11 is 5.11. The third-order valence-corrected chi connectivity index (χ3v) is 2.90. The van der Waals surface area contributed by atoms with E-state index in [0.29, 0.717) is 5.05 Å². The molecule has 1 aromatic heterocycles. The fourth-order valence-corrected chi connectivity index (χ4v) is 1.80. The second-order valence-electron chi connectivity index (χ2n) is 3.58. The lowest BCUT2D eigenvalue weighted by Gasteiger charge is -2.01. The lowest BCUT2D eigenvalue weighted by molar-refractivity contribution is 0.416. The Hall–Kier alpha value is -1.61. The lowest BCUT2D eigenvalue weighted by Crippen LogP contribution is -1.96. The molecule has 0 unspecified atom stereocenters. The molecule has 1 heterocycles. The molecule has 0 aliphatic carbocycles. The van der Waals surface area contributed by atoms with Crippen molar-refractivity contribution in [2.75, 3.05) is 7.11 Å². The Balaban J connectivity index is 2.44. The lowest BCUT2D eigenvalue weighted by atomic mass is 10.1. The molecule has 0 saturated heterocycles. The second kappa shape index (κ2) is 4.49. The first kappa shape index (κ1) is 10.9. The first-order chi connectivity index (χ1) is 7.72.